The Balaban J connectivity index is 1.97. The van der Waals surface area contributed by atoms with Crippen molar-refractivity contribution in [2.45, 2.75) is 32.7 Å². The van der Waals surface area contributed by atoms with Crippen LogP contribution >= 0.6 is 11.6 Å². The van der Waals surface area contributed by atoms with Gasteiger partial charge in [0.25, 0.3) is 5.56 Å². The molecule has 0 amide bonds. The van der Waals surface area contributed by atoms with Gasteiger partial charge in [-0.3, -0.25) is 4.79 Å². The maximum atomic E-state index is 12.6. The Hall–Kier alpha value is -1.26. The van der Waals surface area contributed by atoms with Crippen LogP contribution in [0.15, 0.2) is 17.1 Å². The molecule has 1 fully saturated rings. The highest BCUT2D eigenvalue weighted by atomic mass is 35.5. The van der Waals surface area contributed by atoms with Crippen LogP contribution in [0.4, 0.5) is 0 Å². The average Bonchev–Trinajstić information content (AvgIpc) is 2.76. The van der Waals surface area contributed by atoms with Crippen molar-refractivity contribution in [3.63, 3.8) is 0 Å². The number of hydrogen-bond acceptors (Lipinski definition) is 2. The first kappa shape index (κ1) is 13.7. The maximum Gasteiger partial charge on any atom is 0.275 e. The van der Waals surface area contributed by atoms with Crippen LogP contribution in [0.5, 0.6) is 0 Å². The SMILES string of the molecule is CCN1CCC(n2ccc3c(Cl)c(C)[nH]c3c2=O)CC1. The van der Waals surface area contributed by atoms with E-state index in [0.717, 1.165) is 43.6 Å². The molecular weight excluding hydrogens is 274 g/mol. The van der Waals surface area contributed by atoms with Gasteiger partial charge in [-0.1, -0.05) is 18.5 Å². The first-order valence-electron chi connectivity index (χ1n) is 7.23. The zero-order valence-corrected chi connectivity index (χ0v) is 12.7. The molecule has 2 aromatic heterocycles. The molecule has 0 aromatic carbocycles. The van der Waals surface area contributed by atoms with Crippen LogP contribution in [0.2, 0.25) is 5.02 Å². The van der Waals surface area contributed by atoms with Crippen molar-refractivity contribution in [1.29, 1.82) is 0 Å². The summed E-state index contributed by atoms with van der Waals surface area (Å²) in [6, 6.07) is 2.26. The Morgan fingerprint density at radius 1 is 1.40 bits per heavy atom. The number of nitrogens with one attached hydrogen (secondary N) is 1. The fourth-order valence-corrected chi connectivity index (χ4v) is 3.30. The van der Waals surface area contributed by atoms with Gasteiger partial charge in [0.2, 0.25) is 0 Å². The summed E-state index contributed by atoms with van der Waals surface area (Å²) in [6.07, 6.45) is 3.97. The third-order valence-corrected chi connectivity index (χ3v) is 4.88. The van der Waals surface area contributed by atoms with E-state index in [4.69, 9.17) is 11.6 Å². The van der Waals surface area contributed by atoms with Gasteiger partial charge in [0.1, 0.15) is 5.52 Å². The van der Waals surface area contributed by atoms with Gasteiger partial charge in [-0.25, -0.2) is 0 Å². The summed E-state index contributed by atoms with van der Waals surface area (Å²) in [7, 11) is 0. The van der Waals surface area contributed by atoms with Crippen molar-refractivity contribution in [1.82, 2.24) is 14.5 Å². The number of halogens is 1. The molecule has 0 aliphatic carbocycles. The smallest absolute Gasteiger partial charge is 0.275 e. The van der Waals surface area contributed by atoms with Gasteiger partial charge >= 0.3 is 0 Å². The molecule has 0 unspecified atom stereocenters. The number of rotatable bonds is 2. The lowest BCUT2D eigenvalue weighted by atomic mass is 10.0. The summed E-state index contributed by atoms with van der Waals surface area (Å²) in [5.41, 5.74) is 1.54. The highest BCUT2D eigenvalue weighted by Gasteiger charge is 2.21. The van der Waals surface area contributed by atoms with Crippen molar-refractivity contribution in [2.75, 3.05) is 19.6 Å². The Bertz CT molecular complexity index is 680. The first-order chi connectivity index (χ1) is 9.61. The van der Waals surface area contributed by atoms with Gasteiger partial charge < -0.3 is 14.5 Å². The summed E-state index contributed by atoms with van der Waals surface area (Å²) in [5.74, 6) is 0. The van der Waals surface area contributed by atoms with Crippen LogP contribution in [0.3, 0.4) is 0 Å². The maximum absolute atomic E-state index is 12.6. The minimum absolute atomic E-state index is 0.0486. The molecule has 3 heterocycles. The lowest BCUT2D eigenvalue weighted by Gasteiger charge is -2.32. The number of hydrogen-bond donors (Lipinski definition) is 1. The van der Waals surface area contributed by atoms with Crippen LogP contribution in [0, 0.1) is 6.92 Å². The minimum Gasteiger partial charge on any atom is -0.353 e. The number of aryl methyl sites for hydroxylation is 1. The monoisotopic (exact) mass is 293 g/mol. The Morgan fingerprint density at radius 2 is 2.10 bits per heavy atom. The molecule has 0 spiro atoms. The third-order valence-electron chi connectivity index (χ3n) is 4.40. The van der Waals surface area contributed by atoms with Gasteiger partial charge in [-0.05, 0) is 32.4 Å². The van der Waals surface area contributed by atoms with E-state index in [9.17, 15) is 4.79 Å². The fourth-order valence-electron chi connectivity index (χ4n) is 3.10. The standard InChI is InChI=1S/C15H20ClN3O/c1-3-18-7-4-11(5-8-18)19-9-6-12-13(16)10(2)17-14(12)15(19)20/h6,9,11,17H,3-5,7-8H2,1-2H3. The molecule has 0 saturated carbocycles. The summed E-state index contributed by atoms with van der Waals surface area (Å²) in [5, 5.41) is 1.49. The van der Waals surface area contributed by atoms with Crippen LogP contribution in [0.25, 0.3) is 10.9 Å². The van der Waals surface area contributed by atoms with E-state index in [0.29, 0.717) is 16.6 Å². The molecule has 0 atom stereocenters. The zero-order valence-electron chi connectivity index (χ0n) is 11.9. The summed E-state index contributed by atoms with van der Waals surface area (Å²) < 4.78 is 1.88. The molecule has 20 heavy (non-hydrogen) atoms. The van der Waals surface area contributed by atoms with Crippen LogP contribution in [-0.2, 0) is 0 Å². The fraction of sp³-hybridized carbons (Fsp3) is 0.533. The van der Waals surface area contributed by atoms with E-state index in [-0.39, 0.29) is 5.56 Å². The molecule has 2 aromatic rings. The number of piperidine rings is 1. The quantitative estimate of drug-likeness (QED) is 0.925. The highest BCUT2D eigenvalue weighted by molar-refractivity contribution is 6.36. The number of nitrogens with zero attached hydrogens (tertiary/aromatic N) is 2. The second kappa shape index (κ2) is 5.26. The van der Waals surface area contributed by atoms with Crippen LogP contribution in [-0.4, -0.2) is 34.1 Å². The molecule has 1 N–H and O–H groups in total. The average molecular weight is 294 g/mol. The van der Waals surface area contributed by atoms with E-state index in [1.807, 2.05) is 23.8 Å². The van der Waals surface area contributed by atoms with Crippen molar-refractivity contribution >= 4 is 22.5 Å². The van der Waals surface area contributed by atoms with Crippen molar-refractivity contribution in [3.8, 4) is 0 Å². The summed E-state index contributed by atoms with van der Waals surface area (Å²) in [6.45, 7) is 7.30. The predicted molar refractivity (Wildman–Crippen MR) is 82.7 cm³/mol. The van der Waals surface area contributed by atoms with Gasteiger partial charge in [0.05, 0.1) is 5.02 Å². The van der Waals surface area contributed by atoms with Crippen LogP contribution in [0.1, 0.15) is 31.5 Å². The molecule has 5 heteroatoms. The molecule has 4 nitrogen and oxygen atoms in total. The number of likely N-dealkylation sites (tertiary alicyclic amines) is 1. The molecule has 1 aliphatic rings. The highest BCUT2D eigenvalue weighted by Crippen LogP contribution is 2.26. The molecule has 1 aliphatic heterocycles. The molecule has 108 valence electrons. The first-order valence-corrected chi connectivity index (χ1v) is 7.61. The van der Waals surface area contributed by atoms with Gasteiger partial charge in [-0.2, -0.15) is 0 Å². The molecule has 3 rings (SSSR count). The minimum atomic E-state index is 0.0486. The van der Waals surface area contributed by atoms with Crippen molar-refractivity contribution in [2.24, 2.45) is 0 Å². The van der Waals surface area contributed by atoms with Gasteiger partial charge in [0.15, 0.2) is 0 Å². The molecule has 0 radical (unpaired) electrons. The number of fused-ring (bicyclic) bond motifs is 1. The van der Waals surface area contributed by atoms with E-state index in [2.05, 4.69) is 16.8 Å². The molecular formula is C15H20ClN3O. The number of pyridine rings is 1. The molecule has 1 saturated heterocycles. The number of aromatic amines is 1. The Kier molecular flexibility index (Phi) is 3.61. The Morgan fingerprint density at radius 3 is 2.75 bits per heavy atom. The van der Waals surface area contributed by atoms with Gasteiger partial charge in [-0.15, -0.1) is 0 Å². The number of aromatic nitrogens is 2. The number of H-pyrrole nitrogens is 1. The van der Waals surface area contributed by atoms with Crippen molar-refractivity contribution in [3.05, 3.63) is 33.3 Å². The van der Waals surface area contributed by atoms with Crippen molar-refractivity contribution < 1.29 is 0 Å². The third kappa shape index (κ3) is 2.17. The topological polar surface area (TPSA) is 41.0 Å². The van der Waals surface area contributed by atoms with E-state index in [1.54, 1.807) is 0 Å². The lowest BCUT2D eigenvalue weighted by molar-refractivity contribution is 0.193. The van der Waals surface area contributed by atoms with E-state index >= 15 is 0 Å². The largest absolute Gasteiger partial charge is 0.353 e. The molecule has 0 bridgehead atoms. The second-order valence-corrected chi connectivity index (χ2v) is 5.92. The summed E-state index contributed by atoms with van der Waals surface area (Å²) in [4.78, 5) is 18.1. The van der Waals surface area contributed by atoms with Gasteiger partial charge in [0, 0.05) is 36.4 Å². The van der Waals surface area contributed by atoms with E-state index < -0.39 is 0 Å². The lowest BCUT2D eigenvalue weighted by Crippen LogP contribution is -2.37. The predicted octanol–water partition coefficient (Wildman–Crippen LogP) is 2.95. The van der Waals surface area contributed by atoms with E-state index in [1.165, 1.54) is 0 Å². The normalized spacial score (nSPS) is 17.9. The second-order valence-electron chi connectivity index (χ2n) is 5.55. The zero-order chi connectivity index (χ0) is 14.3. The van der Waals surface area contributed by atoms with Crippen LogP contribution < -0.4 is 5.56 Å². The summed E-state index contributed by atoms with van der Waals surface area (Å²) >= 11 is 6.20. The Labute approximate surface area is 123 Å².